The molecule has 0 bridgehead atoms. The van der Waals surface area contributed by atoms with E-state index < -0.39 is 6.04 Å². The molecule has 1 aromatic carbocycles. The summed E-state index contributed by atoms with van der Waals surface area (Å²) in [6, 6.07) is 6.09. The third-order valence-corrected chi connectivity index (χ3v) is 5.45. The van der Waals surface area contributed by atoms with Gasteiger partial charge in [0, 0.05) is 26.1 Å². The van der Waals surface area contributed by atoms with Gasteiger partial charge in [0.05, 0.1) is 11.1 Å². The largest absolute Gasteiger partial charge is 0.344 e. The van der Waals surface area contributed by atoms with Crippen molar-refractivity contribution in [1.29, 1.82) is 0 Å². The summed E-state index contributed by atoms with van der Waals surface area (Å²) in [5.41, 5.74) is 0.742. The van der Waals surface area contributed by atoms with Gasteiger partial charge in [-0.3, -0.25) is 24.1 Å². The number of fused-ring (bicyclic) bond motifs is 1. The number of piperidine rings is 1. The molecule has 1 atom stereocenters. The topological polar surface area (TPSA) is 86.8 Å². The van der Waals surface area contributed by atoms with Crippen molar-refractivity contribution in [3.05, 3.63) is 35.4 Å². The van der Waals surface area contributed by atoms with E-state index in [-0.39, 0.29) is 42.5 Å². The van der Waals surface area contributed by atoms with Crippen molar-refractivity contribution in [2.24, 2.45) is 5.92 Å². The predicted octanol–water partition coefficient (Wildman–Crippen LogP) is 2.22. The Morgan fingerprint density at radius 2 is 1.59 bits per heavy atom. The standard InChI is InChI=1S/C22H29N3O4/c1-15(2)14-18(22(29)24-11-6-3-7-12-24)23-19(26)10-13-25-20(27)16-8-4-5-9-17(16)21(25)28/h4-5,8-9,15,18H,3,6-7,10-14H2,1-2H3,(H,23,26)/t18-/m1/s1. The van der Waals surface area contributed by atoms with E-state index in [9.17, 15) is 19.2 Å². The van der Waals surface area contributed by atoms with Crippen LogP contribution in [0.25, 0.3) is 0 Å². The Morgan fingerprint density at radius 1 is 1.00 bits per heavy atom. The van der Waals surface area contributed by atoms with Gasteiger partial charge in [-0.25, -0.2) is 0 Å². The van der Waals surface area contributed by atoms with E-state index in [1.54, 1.807) is 24.3 Å². The van der Waals surface area contributed by atoms with Gasteiger partial charge in [0.2, 0.25) is 11.8 Å². The van der Waals surface area contributed by atoms with Crippen LogP contribution in [0.15, 0.2) is 24.3 Å². The van der Waals surface area contributed by atoms with E-state index in [0.29, 0.717) is 17.5 Å². The van der Waals surface area contributed by atoms with E-state index in [1.165, 1.54) is 0 Å². The van der Waals surface area contributed by atoms with Crippen LogP contribution >= 0.6 is 0 Å². The fourth-order valence-corrected chi connectivity index (χ4v) is 3.95. The third kappa shape index (κ3) is 4.83. The maximum Gasteiger partial charge on any atom is 0.261 e. The van der Waals surface area contributed by atoms with Crippen LogP contribution in [0.1, 0.15) is 66.7 Å². The molecule has 1 saturated heterocycles. The number of carbonyl (C=O) groups excluding carboxylic acids is 4. The number of hydrogen-bond donors (Lipinski definition) is 1. The highest BCUT2D eigenvalue weighted by molar-refractivity contribution is 6.21. The maximum atomic E-state index is 12.9. The number of likely N-dealkylation sites (tertiary alicyclic amines) is 1. The molecule has 2 heterocycles. The Bertz CT molecular complexity index is 764. The molecular formula is C22H29N3O4. The molecule has 156 valence electrons. The lowest BCUT2D eigenvalue weighted by molar-refractivity contribution is -0.137. The predicted molar refractivity (Wildman–Crippen MR) is 108 cm³/mol. The molecule has 1 fully saturated rings. The number of nitrogens with zero attached hydrogens (tertiary/aromatic N) is 2. The smallest absolute Gasteiger partial charge is 0.261 e. The third-order valence-electron chi connectivity index (χ3n) is 5.45. The summed E-state index contributed by atoms with van der Waals surface area (Å²) in [6.45, 7) is 5.50. The maximum absolute atomic E-state index is 12.9. The Balaban J connectivity index is 1.58. The van der Waals surface area contributed by atoms with Crippen molar-refractivity contribution in [3.63, 3.8) is 0 Å². The highest BCUT2D eigenvalue weighted by Crippen LogP contribution is 2.22. The molecule has 0 aliphatic carbocycles. The van der Waals surface area contributed by atoms with E-state index in [0.717, 1.165) is 37.3 Å². The first kappa shape index (κ1) is 21.0. The lowest BCUT2D eigenvalue weighted by atomic mass is 10.0. The molecule has 0 spiro atoms. The van der Waals surface area contributed by atoms with Crippen LogP contribution in [0.4, 0.5) is 0 Å². The van der Waals surface area contributed by atoms with Crippen molar-refractivity contribution in [3.8, 4) is 0 Å². The van der Waals surface area contributed by atoms with Crippen LogP contribution in [0.2, 0.25) is 0 Å². The van der Waals surface area contributed by atoms with Crippen molar-refractivity contribution in [1.82, 2.24) is 15.1 Å². The van der Waals surface area contributed by atoms with Gasteiger partial charge in [0.25, 0.3) is 11.8 Å². The first-order chi connectivity index (χ1) is 13.9. The summed E-state index contributed by atoms with van der Waals surface area (Å²) in [5, 5.41) is 2.84. The van der Waals surface area contributed by atoms with Crippen LogP contribution in [-0.4, -0.2) is 59.1 Å². The molecule has 7 heteroatoms. The average molecular weight is 399 g/mol. The number of rotatable bonds is 7. The Morgan fingerprint density at radius 3 is 2.14 bits per heavy atom. The van der Waals surface area contributed by atoms with Gasteiger partial charge in [-0.15, -0.1) is 0 Å². The number of carbonyl (C=O) groups is 4. The quantitative estimate of drug-likeness (QED) is 0.712. The minimum atomic E-state index is -0.567. The van der Waals surface area contributed by atoms with E-state index in [2.05, 4.69) is 5.32 Å². The molecule has 0 aromatic heterocycles. The Labute approximate surface area is 171 Å². The molecule has 1 N–H and O–H groups in total. The molecule has 3 rings (SSSR count). The molecule has 2 aliphatic heterocycles. The van der Waals surface area contributed by atoms with Gasteiger partial charge in [-0.1, -0.05) is 26.0 Å². The molecule has 0 saturated carbocycles. The molecule has 0 radical (unpaired) electrons. The van der Waals surface area contributed by atoms with Gasteiger partial charge in [0.15, 0.2) is 0 Å². The Hall–Kier alpha value is -2.70. The van der Waals surface area contributed by atoms with Gasteiger partial charge >= 0.3 is 0 Å². The number of amides is 4. The highest BCUT2D eigenvalue weighted by atomic mass is 16.2. The highest BCUT2D eigenvalue weighted by Gasteiger charge is 2.35. The number of benzene rings is 1. The monoisotopic (exact) mass is 399 g/mol. The Kier molecular flexibility index (Phi) is 6.67. The molecule has 2 aliphatic rings. The molecular weight excluding hydrogens is 370 g/mol. The molecule has 1 aromatic rings. The second-order valence-electron chi connectivity index (χ2n) is 8.19. The van der Waals surface area contributed by atoms with Gasteiger partial charge in [-0.05, 0) is 43.7 Å². The average Bonchev–Trinajstić information content (AvgIpc) is 2.96. The van der Waals surface area contributed by atoms with Crippen LogP contribution in [0.5, 0.6) is 0 Å². The molecule has 29 heavy (non-hydrogen) atoms. The van der Waals surface area contributed by atoms with E-state index in [4.69, 9.17) is 0 Å². The summed E-state index contributed by atoms with van der Waals surface area (Å²) < 4.78 is 0. The van der Waals surface area contributed by atoms with Crippen molar-refractivity contribution < 1.29 is 19.2 Å². The van der Waals surface area contributed by atoms with Crippen molar-refractivity contribution >= 4 is 23.6 Å². The van der Waals surface area contributed by atoms with E-state index >= 15 is 0 Å². The minimum Gasteiger partial charge on any atom is -0.344 e. The fourth-order valence-electron chi connectivity index (χ4n) is 3.95. The zero-order valence-electron chi connectivity index (χ0n) is 17.1. The van der Waals surface area contributed by atoms with Crippen LogP contribution in [-0.2, 0) is 9.59 Å². The second-order valence-corrected chi connectivity index (χ2v) is 8.19. The lowest BCUT2D eigenvalue weighted by Crippen LogP contribution is -2.51. The summed E-state index contributed by atoms with van der Waals surface area (Å²) in [6.07, 6.45) is 3.66. The summed E-state index contributed by atoms with van der Waals surface area (Å²) in [4.78, 5) is 53.2. The summed E-state index contributed by atoms with van der Waals surface area (Å²) in [7, 11) is 0. The molecule has 7 nitrogen and oxygen atoms in total. The SMILES string of the molecule is CC(C)C[C@@H](NC(=O)CCN1C(=O)c2ccccc2C1=O)C(=O)N1CCCCC1. The molecule has 0 unspecified atom stereocenters. The molecule has 4 amide bonds. The zero-order valence-corrected chi connectivity index (χ0v) is 17.1. The summed E-state index contributed by atoms with van der Waals surface area (Å²) >= 11 is 0. The first-order valence-electron chi connectivity index (χ1n) is 10.4. The van der Waals surface area contributed by atoms with Crippen molar-refractivity contribution in [2.75, 3.05) is 19.6 Å². The normalized spacial score (nSPS) is 17.5. The van der Waals surface area contributed by atoms with Gasteiger partial charge in [0.1, 0.15) is 6.04 Å². The fraction of sp³-hybridized carbons (Fsp3) is 0.545. The lowest BCUT2D eigenvalue weighted by Gasteiger charge is -2.31. The number of imide groups is 1. The second kappa shape index (κ2) is 9.20. The number of nitrogens with one attached hydrogen (secondary N) is 1. The van der Waals surface area contributed by atoms with Gasteiger partial charge < -0.3 is 10.2 Å². The number of hydrogen-bond acceptors (Lipinski definition) is 4. The summed E-state index contributed by atoms with van der Waals surface area (Å²) in [5.74, 6) is -0.849. The van der Waals surface area contributed by atoms with Crippen LogP contribution < -0.4 is 5.32 Å². The van der Waals surface area contributed by atoms with Crippen molar-refractivity contribution in [2.45, 2.75) is 52.0 Å². The minimum absolute atomic E-state index is 0.00445. The van der Waals surface area contributed by atoms with E-state index in [1.807, 2.05) is 18.7 Å². The zero-order chi connectivity index (χ0) is 21.0. The van der Waals surface area contributed by atoms with Gasteiger partial charge in [-0.2, -0.15) is 0 Å². The van der Waals surface area contributed by atoms with Crippen LogP contribution in [0, 0.1) is 5.92 Å². The van der Waals surface area contributed by atoms with Crippen LogP contribution in [0.3, 0.4) is 0 Å². The first-order valence-corrected chi connectivity index (χ1v) is 10.4.